The second-order valence-electron chi connectivity index (χ2n) is 2.80. The number of nitrogens with one attached hydrogen (secondary N) is 1. The van der Waals surface area contributed by atoms with Crippen LogP contribution in [0.25, 0.3) is 0 Å². The third-order valence-electron chi connectivity index (χ3n) is 1.57. The first-order valence-electron chi connectivity index (χ1n) is 4.39. The normalized spacial score (nSPS) is 10.1. The minimum atomic E-state index is 0.742. The van der Waals surface area contributed by atoms with Crippen LogP contribution in [0, 0.1) is 6.92 Å². The van der Waals surface area contributed by atoms with Crippen LogP contribution in [-0.4, -0.2) is 22.8 Å². The molecule has 0 aromatic carbocycles. The predicted octanol–water partition coefficient (Wildman–Crippen LogP) is 2.33. The van der Waals surface area contributed by atoms with Gasteiger partial charge in [-0.25, -0.2) is 9.97 Å². The lowest BCUT2D eigenvalue weighted by molar-refractivity contribution is 0.925. The Labute approximate surface area is 83.4 Å². The fourth-order valence-corrected chi connectivity index (χ4v) is 1.43. The van der Waals surface area contributed by atoms with Gasteiger partial charge in [0, 0.05) is 12.2 Å². The van der Waals surface area contributed by atoms with E-state index in [-0.39, 0.29) is 0 Å². The lowest BCUT2D eigenvalue weighted by Crippen LogP contribution is -2.05. The Morgan fingerprint density at radius 1 is 1.46 bits per heavy atom. The van der Waals surface area contributed by atoms with E-state index >= 15 is 0 Å². The highest BCUT2D eigenvalue weighted by molar-refractivity contribution is 7.98. The lowest BCUT2D eigenvalue weighted by Gasteiger charge is -2.05. The van der Waals surface area contributed by atoms with Gasteiger partial charge in [-0.2, -0.15) is 0 Å². The highest BCUT2D eigenvalue weighted by Crippen LogP contribution is 2.14. The van der Waals surface area contributed by atoms with Crippen LogP contribution >= 0.6 is 11.8 Å². The van der Waals surface area contributed by atoms with Crippen molar-refractivity contribution in [1.82, 2.24) is 9.97 Å². The zero-order valence-corrected chi connectivity index (χ0v) is 9.11. The van der Waals surface area contributed by atoms with Gasteiger partial charge in [0.15, 0.2) is 0 Å². The topological polar surface area (TPSA) is 37.8 Å². The molecule has 0 aliphatic heterocycles. The summed E-state index contributed by atoms with van der Waals surface area (Å²) in [5.74, 6) is 0.742. The minimum absolute atomic E-state index is 0.742. The number of hydrogen-bond donors (Lipinski definition) is 1. The van der Waals surface area contributed by atoms with Crippen LogP contribution in [-0.2, 0) is 0 Å². The summed E-state index contributed by atoms with van der Waals surface area (Å²) in [6, 6.07) is 1.99. The molecule has 1 heterocycles. The Morgan fingerprint density at radius 2 is 2.23 bits per heavy atom. The van der Waals surface area contributed by atoms with Crippen molar-refractivity contribution in [3.8, 4) is 0 Å². The van der Waals surface area contributed by atoms with Gasteiger partial charge in [0.05, 0.1) is 0 Å². The summed E-state index contributed by atoms with van der Waals surface area (Å²) in [5.41, 5.74) is 1.01. The molecule has 0 radical (unpaired) electrons. The van der Waals surface area contributed by atoms with E-state index in [1.807, 2.05) is 19.2 Å². The molecule has 0 aliphatic rings. The first-order valence-corrected chi connectivity index (χ1v) is 5.62. The van der Waals surface area contributed by atoms with E-state index in [0.717, 1.165) is 29.6 Å². The second kappa shape index (κ2) is 5.07. The third kappa shape index (κ3) is 3.22. The molecule has 0 unspecified atom stereocenters. The molecule has 1 rings (SSSR count). The molecule has 13 heavy (non-hydrogen) atoms. The number of anilines is 1. The van der Waals surface area contributed by atoms with Gasteiger partial charge < -0.3 is 5.32 Å². The van der Waals surface area contributed by atoms with Crippen LogP contribution < -0.4 is 5.32 Å². The molecule has 0 saturated carbocycles. The molecule has 0 amide bonds. The second-order valence-corrected chi connectivity index (χ2v) is 3.63. The Bertz CT molecular complexity index is 276. The largest absolute Gasteiger partial charge is 0.354 e. The molecule has 0 aliphatic carbocycles. The fraction of sp³-hybridized carbons (Fsp3) is 0.556. The summed E-state index contributed by atoms with van der Waals surface area (Å²) in [6.07, 6.45) is 3.11. The van der Waals surface area contributed by atoms with Crippen molar-refractivity contribution < 1.29 is 0 Å². The van der Waals surface area contributed by atoms with Crippen molar-refractivity contribution in [2.24, 2.45) is 0 Å². The minimum Gasteiger partial charge on any atom is -0.354 e. The highest BCUT2D eigenvalue weighted by Gasteiger charge is 1.99. The Balaban J connectivity index is 2.76. The number of thioether (sulfide) groups is 1. The molecule has 3 nitrogen and oxygen atoms in total. The van der Waals surface area contributed by atoms with Gasteiger partial charge in [-0.05, 0) is 25.7 Å². The summed E-state index contributed by atoms with van der Waals surface area (Å²) in [6.45, 7) is 5.04. The van der Waals surface area contributed by atoms with Gasteiger partial charge in [0.25, 0.3) is 0 Å². The molecule has 0 bridgehead atoms. The van der Waals surface area contributed by atoms with Crippen LogP contribution in [0.15, 0.2) is 11.1 Å². The predicted molar refractivity (Wildman–Crippen MR) is 57.3 cm³/mol. The molecule has 72 valence electrons. The molecular formula is C9H15N3S. The number of aryl methyl sites for hydroxylation is 1. The lowest BCUT2D eigenvalue weighted by atomic mass is 10.4. The number of rotatable bonds is 4. The van der Waals surface area contributed by atoms with Gasteiger partial charge in [0.2, 0.25) is 5.95 Å². The van der Waals surface area contributed by atoms with Crippen LogP contribution in [0.4, 0.5) is 5.95 Å². The molecule has 4 heteroatoms. The summed E-state index contributed by atoms with van der Waals surface area (Å²) in [4.78, 5) is 8.61. The van der Waals surface area contributed by atoms with Crippen molar-refractivity contribution in [3.05, 3.63) is 11.8 Å². The molecule has 0 saturated heterocycles. The van der Waals surface area contributed by atoms with E-state index in [1.54, 1.807) is 11.8 Å². The molecule has 0 atom stereocenters. The van der Waals surface area contributed by atoms with Crippen molar-refractivity contribution in [1.29, 1.82) is 0 Å². The Kier molecular flexibility index (Phi) is 4.02. The quantitative estimate of drug-likeness (QED) is 0.594. The van der Waals surface area contributed by atoms with Crippen molar-refractivity contribution in [2.45, 2.75) is 25.3 Å². The fourth-order valence-electron chi connectivity index (χ4n) is 0.960. The Hall–Kier alpha value is -0.770. The smallest absolute Gasteiger partial charge is 0.223 e. The van der Waals surface area contributed by atoms with Crippen LogP contribution in [0.3, 0.4) is 0 Å². The van der Waals surface area contributed by atoms with Crippen molar-refractivity contribution in [3.63, 3.8) is 0 Å². The molecule has 0 spiro atoms. The van der Waals surface area contributed by atoms with E-state index in [4.69, 9.17) is 0 Å². The maximum atomic E-state index is 4.33. The average Bonchev–Trinajstić information content (AvgIpc) is 2.14. The monoisotopic (exact) mass is 197 g/mol. The number of aromatic nitrogens is 2. The van der Waals surface area contributed by atoms with Crippen molar-refractivity contribution in [2.75, 3.05) is 18.1 Å². The van der Waals surface area contributed by atoms with Crippen LogP contribution in [0.2, 0.25) is 0 Å². The maximum Gasteiger partial charge on any atom is 0.223 e. The zero-order valence-electron chi connectivity index (χ0n) is 8.29. The average molecular weight is 197 g/mol. The first-order chi connectivity index (χ1) is 6.26. The molecular weight excluding hydrogens is 182 g/mol. The van der Waals surface area contributed by atoms with E-state index in [1.165, 1.54) is 0 Å². The van der Waals surface area contributed by atoms with E-state index in [0.29, 0.717) is 0 Å². The summed E-state index contributed by atoms with van der Waals surface area (Å²) >= 11 is 1.64. The van der Waals surface area contributed by atoms with Gasteiger partial charge in [-0.15, -0.1) is 11.8 Å². The zero-order chi connectivity index (χ0) is 9.68. The maximum absolute atomic E-state index is 4.33. The highest BCUT2D eigenvalue weighted by atomic mass is 32.2. The van der Waals surface area contributed by atoms with Gasteiger partial charge in [-0.1, -0.05) is 6.92 Å². The number of nitrogens with zero attached hydrogens (tertiary/aromatic N) is 2. The summed E-state index contributed by atoms with van der Waals surface area (Å²) in [7, 11) is 0. The summed E-state index contributed by atoms with van der Waals surface area (Å²) < 4.78 is 0. The standard InChI is InChI=1S/C9H15N3S/c1-4-5-10-9-11-7(2)6-8(12-9)13-3/h6H,4-5H2,1-3H3,(H,10,11,12). The van der Waals surface area contributed by atoms with Crippen LogP contribution in [0.5, 0.6) is 0 Å². The Morgan fingerprint density at radius 3 is 2.85 bits per heavy atom. The summed E-state index contributed by atoms with van der Waals surface area (Å²) in [5, 5.41) is 4.19. The number of hydrogen-bond acceptors (Lipinski definition) is 4. The molecule has 1 aromatic rings. The van der Waals surface area contributed by atoms with E-state index in [2.05, 4.69) is 22.2 Å². The van der Waals surface area contributed by atoms with Gasteiger partial charge >= 0.3 is 0 Å². The van der Waals surface area contributed by atoms with Crippen LogP contribution in [0.1, 0.15) is 19.0 Å². The van der Waals surface area contributed by atoms with Gasteiger partial charge in [0.1, 0.15) is 5.03 Å². The van der Waals surface area contributed by atoms with Crippen molar-refractivity contribution >= 4 is 17.7 Å². The van der Waals surface area contributed by atoms with E-state index < -0.39 is 0 Å². The molecule has 1 aromatic heterocycles. The molecule has 0 fully saturated rings. The first kappa shape index (κ1) is 10.3. The van der Waals surface area contributed by atoms with Gasteiger partial charge in [-0.3, -0.25) is 0 Å². The third-order valence-corrected chi connectivity index (χ3v) is 2.20. The SMILES string of the molecule is CCCNc1nc(C)cc(SC)n1. The van der Waals surface area contributed by atoms with E-state index in [9.17, 15) is 0 Å². The molecule has 1 N–H and O–H groups in total.